The molecule has 0 bridgehead atoms. The lowest BCUT2D eigenvalue weighted by Crippen LogP contribution is -2.49. The molecule has 1 aromatic rings. The SMILES string of the molecule is Cc1sc(=O)n(CCC(=O)NCC(C(C)C)N2CCC(C)CC2)c1C. The lowest BCUT2D eigenvalue weighted by Gasteiger charge is -2.38. The Balaban J connectivity index is 1.83. The number of likely N-dealkylation sites (tertiary alicyclic amines) is 1. The van der Waals surface area contributed by atoms with Crippen molar-refractivity contribution in [2.24, 2.45) is 11.8 Å². The minimum Gasteiger partial charge on any atom is -0.354 e. The van der Waals surface area contributed by atoms with Gasteiger partial charge in [-0.3, -0.25) is 14.5 Å². The Morgan fingerprint density at radius 1 is 1.28 bits per heavy atom. The maximum atomic E-state index is 12.3. The molecule has 6 heteroatoms. The lowest BCUT2D eigenvalue weighted by molar-refractivity contribution is -0.121. The van der Waals surface area contributed by atoms with E-state index in [1.165, 1.54) is 24.2 Å². The Hall–Kier alpha value is -1.14. The average Bonchev–Trinajstić information content (AvgIpc) is 2.79. The summed E-state index contributed by atoms with van der Waals surface area (Å²) in [6.07, 6.45) is 2.85. The van der Waals surface area contributed by atoms with E-state index in [0.717, 1.165) is 29.6 Å². The van der Waals surface area contributed by atoms with E-state index in [4.69, 9.17) is 0 Å². The van der Waals surface area contributed by atoms with Gasteiger partial charge in [-0.2, -0.15) is 0 Å². The van der Waals surface area contributed by atoms with Crippen molar-refractivity contribution >= 4 is 17.2 Å². The molecule has 1 unspecified atom stereocenters. The summed E-state index contributed by atoms with van der Waals surface area (Å²) in [6.45, 7) is 14.1. The number of nitrogens with zero attached hydrogens (tertiary/aromatic N) is 2. The van der Waals surface area contributed by atoms with E-state index in [-0.39, 0.29) is 10.8 Å². The number of nitrogens with one attached hydrogen (secondary N) is 1. The Bertz CT molecular complexity index is 627. The van der Waals surface area contributed by atoms with Crippen LogP contribution in [0.5, 0.6) is 0 Å². The van der Waals surface area contributed by atoms with Gasteiger partial charge in [0.1, 0.15) is 0 Å². The zero-order valence-corrected chi connectivity index (χ0v) is 17.1. The first-order chi connectivity index (χ1) is 11.8. The minimum absolute atomic E-state index is 0.0327. The van der Waals surface area contributed by atoms with Gasteiger partial charge in [-0.15, -0.1) is 0 Å². The van der Waals surface area contributed by atoms with Crippen LogP contribution >= 0.6 is 11.3 Å². The summed E-state index contributed by atoms with van der Waals surface area (Å²) in [6, 6.07) is 0.393. The van der Waals surface area contributed by atoms with E-state index < -0.39 is 0 Å². The van der Waals surface area contributed by atoms with Crippen LogP contribution in [0.1, 0.15) is 50.6 Å². The van der Waals surface area contributed by atoms with Crippen LogP contribution in [-0.4, -0.2) is 41.1 Å². The molecule has 1 fully saturated rings. The first-order valence-corrected chi connectivity index (χ1v) is 10.3. The maximum Gasteiger partial charge on any atom is 0.307 e. The molecule has 142 valence electrons. The number of amides is 1. The van der Waals surface area contributed by atoms with E-state index in [2.05, 4.69) is 31.0 Å². The van der Waals surface area contributed by atoms with E-state index >= 15 is 0 Å². The molecule has 1 N–H and O–H groups in total. The summed E-state index contributed by atoms with van der Waals surface area (Å²) in [5.74, 6) is 1.36. The van der Waals surface area contributed by atoms with Gasteiger partial charge in [0.05, 0.1) is 0 Å². The van der Waals surface area contributed by atoms with E-state index in [0.29, 0.717) is 31.5 Å². The molecular formula is C19H33N3O2S. The van der Waals surface area contributed by atoms with Crippen molar-refractivity contribution < 1.29 is 4.79 Å². The molecular weight excluding hydrogens is 334 g/mol. The monoisotopic (exact) mass is 367 g/mol. The van der Waals surface area contributed by atoms with E-state index in [1.54, 1.807) is 4.57 Å². The van der Waals surface area contributed by atoms with Crippen molar-refractivity contribution in [3.05, 3.63) is 20.2 Å². The number of carbonyl (C=O) groups excluding carboxylic acids is 1. The van der Waals surface area contributed by atoms with Gasteiger partial charge in [0.2, 0.25) is 5.91 Å². The van der Waals surface area contributed by atoms with Crippen LogP contribution in [0.2, 0.25) is 0 Å². The highest BCUT2D eigenvalue weighted by Crippen LogP contribution is 2.21. The van der Waals surface area contributed by atoms with E-state index in [1.807, 2.05) is 13.8 Å². The molecule has 25 heavy (non-hydrogen) atoms. The molecule has 1 aliphatic heterocycles. The normalized spacial score (nSPS) is 17.8. The molecule has 1 atom stereocenters. The summed E-state index contributed by atoms with van der Waals surface area (Å²) in [7, 11) is 0. The number of hydrogen-bond donors (Lipinski definition) is 1. The minimum atomic E-state index is 0.0327. The second-order valence-electron chi connectivity index (χ2n) is 7.75. The van der Waals surface area contributed by atoms with Crippen LogP contribution < -0.4 is 10.2 Å². The summed E-state index contributed by atoms with van der Waals surface area (Å²) < 4.78 is 1.71. The first-order valence-electron chi connectivity index (χ1n) is 9.47. The Morgan fingerprint density at radius 3 is 2.44 bits per heavy atom. The molecule has 2 rings (SSSR count). The maximum absolute atomic E-state index is 12.3. The Kier molecular flexibility index (Phi) is 7.25. The smallest absolute Gasteiger partial charge is 0.307 e. The lowest BCUT2D eigenvalue weighted by atomic mass is 9.94. The predicted octanol–water partition coefficient (Wildman–Crippen LogP) is 2.79. The number of hydrogen-bond acceptors (Lipinski definition) is 4. The van der Waals surface area contributed by atoms with Crippen molar-refractivity contribution in [3.8, 4) is 0 Å². The van der Waals surface area contributed by atoms with Crippen molar-refractivity contribution in [3.63, 3.8) is 0 Å². The summed E-state index contributed by atoms with van der Waals surface area (Å²) in [5, 5.41) is 3.10. The van der Waals surface area contributed by atoms with Gasteiger partial charge in [-0.25, -0.2) is 0 Å². The van der Waals surface area contributed by atoms with Crippen LogP contribution in [0.4, 0.5) is 0 Å². The molecule has 5 nitrogen and oxygen atoms in total. The third kappa shape index (κ3) is 5.42. The van der Waals surface area contributed by atoms with Crippen LogP contribution in [0.3, 0.4) is 0 Å². The number of thiazole rings is 1. The quantitative estimate of drug-likeness (QED) is 0.806. The standard InChI is InChI=1S/C19H33N3O2S/c1-13(2)17(21-9-6-14(3)7-10-21)12-20-18(23)8-11-22-15(4)16(5)25-19(22)24/h13-14,17H,6-12H2,1-5H3,(H,20,23). The Labute approximate surface area is 155 Å². The molecule has 2 heterocycles. The van der Waals surface area contributed by atoms with Gasteiger partial charge in [0.25, 0.3) is 0 Å². The second kappa shape index (κ2) is 8.99. The molecule has 0 saturated carbocycles. The fraction of sp³-hybridized carbons (Fsp3) is 0.789. The predicted molar refractivity (Wildman–Crippen MR) is 104 cm³/mol. The average molecular weight is 368 g/mol. The number of piperidine rings is 1. The van der Waals surface area contributed by atoms with Crippen molar-refractivity contribution in [2.75, 3.05) is 19.6 Å². The second-order valence-corrected chi connectivity index (χ2v) is 8.91. The number of carbonyl (C=O) groups is 1. The van der Waals surface area contributed by atoms with Crippen LogP contribution in [-0.2, 0) is 11.3 Å². The van der Waals surface area contributed by atoms with Gasteiger partial charge in [-0.05, 0) is 51.6 Å². The van der Waals surface area contributed by atoms with Crippen LogP contribution in [0, 0.1) is 25.7 Å². The zero-order chi connectivity index (χ0) is 18.6. The Morgan fingerprint density at radius 2 is 1.92 bits per heavy atom. The number of aryl methyl sites for hydroxylation is 1. The summed E-state index contributed by atoms with van der Waals surface area (Å²) >= 11 is 1.26. The largest absolute Gasteiger partial charge is 0.354 e. The molecule has 0 aromatic carbocycles. The molecule has 1 aliphatic rings. The fourth-order valence-electron chi connectivity index (χ4n) is 3.51. The third-order valence-corrected chi connectivity index (χ3v) is 6.50. The van der Waals surface area contributed by atoms with Gasteiger partial charge < -0.3 is 9.88 Å². The fourth-order valence-corrected chi connectivity index (χ4v) is 4.37. The van der Waals surface area contributed by atoms with Crippen molar-refractivity contribution in [1.29, 1.82) is 0 Å². The highest BCUT2D eigenvalue weighted by molar-refractivity contribution is 7.09. The third-order valence-electron chi connectivity index (χ3n) is 5.50. The highest BCUT2D eigenvalue weighted by Gasteiger charge is 2.25. The molecule has 1 saturated heterocycles. The van der Waals surface area contributed by atoms with E-state index in [9.17, 15) is 9.59 Å². The molecule has 0 spiro atoms. The topological polar surface area (TPSA) is 54.3 Å². The van der Waals surface area contributed by atoms with Crippen molar-refractivity contribution in [1.82, 2.24) is 14.8 Å². The van der Waals surface area contributed by atoms with Gasteiger partial charge in [0, 0.05) is 36.1 Å². The van der Waals surface area contributed by atoms with Gasteiger partial charge in [0.15, 0.2) is 0 Å². The van der Waals surface area contributed by atoms with Crippen LogP contribution in [0.25, 0.3) is 0 Å². The van der Waals surface area contributed by atoms with Gasteiger partial charge in [-0.1, -0.05) is 32.1 Å². The number of rotatable bonds is 7. The number of aromatic nitrogens is 1. The van der Waals surface area contributed by atoms with Gasteiger partial charge >= 0.3 is 4.87 Å². The molecule has 0 radical (unpaired) electrons. The molecule has 1 amide bonds. The zero-order valence-electron chi connectivity index (χ0n) is 16.3. The molecule has 0 aliphatic carbocycles. The molecule has 1 aromatic heterocycles. The first kappa shape index (κ1) is 20.2. The summed E-state index contributed by atoms with van der Waals surface area (Å²) in [4.78, 5) is 27.8. The summed E-state index contributed by atoms with van der Waals surface area (Å²) in [5.41, 5.74) is 0.977. The highest BCUT2D eigenvalue weighted by atomic mass is 32.1. The van der Waals surface area contributed by atoms with Crippen molar-refractivity contribution in [2.45, 2.75) is 66.5 Å². The van der Waals surface area contributed by atoms with Crippen LogP contribution in [0.15, 0.2) is 4.79 Å².